The van der Waals surface area contributed by atoms with Crippen LogP contribution in [0.5, 0.6) is 0 Å². The largest absolute Gasteiger partial charge is 2.00 e. The maximum absolute atomic E-state index is 9.62. The van der Waals surface area contributed by atoms with Crippen molar-refractivity contribution in [2.24, 2.45) is 0 Å². The summed E-state index contributed by atoms with van der Waals surface area (Å²) in [5.41, 5.74) is 0. The van der Waals surface area contributed by atoms with Crippen molar-refractivity contribution < 1.29 is 28.0 Å². The van der Waals surface area contributed by atoms with Crippen LogP contribution in [0.4, 0.5) is 0 Å². The molecule has 0 aromatic heterocycles. The number of rotatable bonds is 4. The van der Waals surface area contributed by atoms with E-state index in [0.29, 0.717) is 0 Å². The summed E-state index contributed by atoms with van der Waals surface area (Å²) in [4.78, 5) is 19.2. The van der Waals surface area contributed by atoms with Gasteiger partial charge in [-0.3, -0.25) is 0 Å². The molecule has 0 radical (unpaired) electrons. The van der Waals surface area contributed by atoms with Crippen molar-refractivity contribution in [3.63, 3.8) is 0 Å². The van der Waals surface area contributed by atoms with E-state index in [9.17, 15) is 18.9 Å². The summed E-state index contributed by atoms with van der Waals surface area (Å²) in [6, 6.07) is 0. The second-order valence-electron chi connectivity index (χ2n) is 2.76. The average Bonchev–Trinajstić information content (AvgIpc) is 1.79. The minimum absolute atomic E-state index is 0. The molecule has 0 aromatic carbocycles. The third-order valence-electron chi connectivity index (χ3n) is 0.594. The van der Waals surface area contributed by atoms with Gasteiger partial charge in [0.2, 0.25) is 0 Å². The van der Waals surface area contributed by atoms with Crippen LogP contribution in [0.3, 0.4) is 0 Å². The van der Waals surface area contributed by atoms with E-state index >= 15 is 0 Å². The van der Waals surface area contributed by atoms with Gasteiger partial charge in [0.1, 0.15) is 12.2 Å². The zero-order valence-corrected chi connectivity index (χ0v) is 12.4. The molecule has 9 heteroatoms. The van der Waals surface area contributed by atoms with Gasteiger partial charge in [0.15, 0.2) is 0 Å². The summed E-state index contributed by atoms with van der Waals surface area (Å²) < 4.78 is 27.7. The first-order valence-corrected chi connectivity index (χ1v) is 6.07. The van der Waals surface area contributed by atoms with Crippen LogP contribution >= 0.6 is 16.5 Å². The van der Waals surface area contributed by atoms with Gasteiger partial charge < -0.3 is 9.79 Å². The van der Waals surface area contributed by atoms with Crippen LogP contribution in [0.25, 0.3) is 0 Å². The fraction of sp³-hybridized carbons (Fsp3) is 1.00. The van der Waals surface area contributed by atoms with Crippen molar-refractivity contribution in [1.29, 1.82) is 0 Å². The smallest absolute Gasteiger partial charge is 0.566 e. The first kappa shape index (κ1) is 21.1. The molecule has 0 fully saturated rings. The van der Waals surface area contributed by atoms with Gasteiger partial charge in [0.05, 0.1) is 0 Å². The molecule has 2 unspecified atom stereocenters. The van der Waals surface area contributed by atoms with Gasteiger partial charge in [0, 0.05) is 0 Å². The molecule has 0 saturated carbocycles. The second kappa shape index (κ2) is 12.9. The molecule has 0 aliphatic heterocycles. The Morgan fingerprint density at radius 2 is 1.07 bits per heavy atom. The van der Waals surface area contributed by atoms with E-state index in [2.05, 4.69) is 9.05 Å². The van der Waals surface area contributed by atoms with Crippen molar-refractivity contribution in [2.75, 3.05) is 0 Å². The molecule has 84 valence electrons. The fourth-order valence-electron chi connectivity index (χ4n) is 0.344. The van der Waals surface area contributed by atoms with E-state index in [4.69, 9.17) is 0 Å². The normalized spacial score (nSPS) is 11.5. The van der Waals surface area contributed by atoms with Crippen molar-refractivity contribution in [2.45, 2.75) is 39.9 Å². The van der Waals surface area contributed by atoms with Gasteiger partial charge in [-0.15, -0.1) is 9.05 Å². The SMILES string of the molecule is CC(C)O[P+](=O)[O-].CC(C)O[P+](=O)[O-].[Mg+2]. The maximum atomic E-state index is 9.62. The minimum atomic E-state index is -2.64. The Morgan fingerprint density at radius 1 is 0.867 bits per heavy atom. The molecule has 0 N–H and O–H groups in total. The van der Waals surface area contributed by atoms with Crippen molar-refractivity contribution in [3.8, 4) is 0 Å². The topological polar surface area (TPSA) is 98.7 Å². The Balaban J connectivity index is -0.000000180. The predicted molar refractivity (Wildman–Crippen MR) is 53.4 cm³/mol. The molecule has 15 heavy (non-hydrogen) atoms. The third kappa shape index (κ3) is 31.3. The summed E-state index contributed by atoms with van der Waals surface area (Å²) in [5.74, 6) is 0. The molecule has 0 rings (SSSR count). The molecule has 6 nitrogen and oxygen atoms in total. The zero-order valence-electron chi connectivity index (χ0n) is 9.21. The van der Waals surface area contributed by atoms with Crippen LogP contribution in [-0.4, -0.2) is 35.3 Å². The van der Waals surface area contributed by atoms with E-state index in [0.717, 1.165) is 0 Å². The molecule has 0 spiro atoms. The first-order chi connectivity index (χ1) is 6.25. The van der Waals surface area contributed by atoms with Crippen molar-refractivity contribution in [1.82, 2.24) is 0 Å². The van der Waals surface area contributed by atoms with Crippen LogP contribution in [0.2, 0.25) is 0 Å². The number of hydrogen-bond acceptors (Lipinski definition) is 6. The Bertz CT molecular complexity index is 166. The van der Waals surface area contributed by atoms with Gasteiger partial charge >= 0.3 is 39.6 Å². The molecular weight excluding hydrogens is 254 g/mol. The van der Waals surface area contributed by atoms with E-state index in [1.807, 2.05) is 0 Å². The summed E-state index contributed by atoms with van der Waals surface area (Å²) in [7, 11) is -5.28. The average molecular weight is 268 g/mol. The standard InChI is InChI=1S/2C3H7O3P.Mg/c2*1-3(2)6-7(4)5;/h2*3H,1-2H3;/q;;+2. The van der Waals surface area contributed by atoms with Crippen LogP contribution < -0.4 is 9.79 Å². The quantitative estimate of drug-likeness (QED) is 0.543. The molecule has 2 atom stereocenters. The predicted octanol–water partition coefficient (Wildman–Crippen LogP) is 0.477. The van der Waals surface area contributed by atoms with E-state index < -0.39 is 16.5 Å². The van der Waals surface area contributed by atoms with Gasteiger partial charge in [-0.25, -0.2) is 0 Å². The molecule has 0 saturated heterocycles. The maximum Gasteiger partial charge on any atom is 2.00 e. The molecule has 0 aromatic rings. The second-order valence-corrected chi connectivity index (χ2v) is 4.07. The Kier molecular flexibility index (Phi) is 18.1. The fourth-order valence-corrected chi connectivity index (χ4v) is 1.03. The summed E-state index contributed by atoms with van der Waals surface area (Å²) in [6.07, 6.45) is -0.442. The van der Waals surface area contributed by atoms with Crippen LogP contribution in [0, 0.1) is 0 Å². The summed E-state index contributed by atoms with van der Waals surface area (Å²) >= 11 is 0. The van der Waals surface area contributed by atoms with Gasteiger partial charge in [-0.1, -0.05) is 0 Å². The van der Waals surface area contributed by atoms with Crippen molar-refractivity contribution in [3.05, 3.63) is 0 Å². The summed E-state index contributed by atoms with van der Waals surface area (Å²) in [5, 5.41) is 0. The van der Waals surface area contributed by atoms with Gasteiger partial charge in [-0.2, -0.15) is 0 Å². The van der Waals surface area contributed by atoms with Gasteiger partial charge in [0.25, 0.3) is 0 Å². The molecule has 0 heterocycles. The monoisotopic (exact) mass is 268 g/mol. The van der Waals surface area contributed by atoms with Gasteiger partial charge in [-0.05, 0) is 36.8 Å². The zero-order chi connectivity index (χ0) is 11.7. The minimum Gasteiger partial charge on any atom is -0.566 e. The molecular formula is C6H14MgO6P2+2. The molecule has 0 aliphatic carbocycles. The van der Waals surface area contributed by atoms with E-state index in [1.54, 1.807) is 27.7 Å². The van der Waals surface area contributed by atoms with Crippen molar-refractivity contribution >= 4 is 39.6 Å². The van der Waals surface area contributed by atoms with Crippen LogP contribution in [0.15, 0.2) is 0 Å². The molecule has 0 bridgehead atoms. The van der Waals surface area contributed by atoms with E-state index in [1.165, 1.54) is 0 Å². The molecule has 0 aliphatic rings. The Labute approximate surface area is 107 Å². The Morgan fingerprint density at radius 3 is 1.07 bits per heavy atom. The van der Waals surface area contributed by atoms with Crippen LogP contribution in [0.1, 0.15) is 27.7 Å². The molecule has 0 amide bonds. The first-order valence-electron chi connectivity index (χ1n) is 3.88. The Hall–Kier alpha value is 0.806. The third-order valence-corrected chi connectivity index (χ3v) is 1.78. The van der Waals surface area contributed by atoms with E-state index in [-0.39, 0.29) is 35.3 Å². The summed E-state index contributed by atoms with van der Waals surface area (Å²) in [6.45, 7) is 6.63. The number of hydrogen-bond donors (Lipinski definition) is 0. The van der Waals surface area contributed by atoms with Crippen LogP contribution in [-0.2, 0) is 18.2 Å².